The van der Waals surface area contributed by atoms with Crippen LogP contribution >= 0.6 is 11.6 Å². The second-order valence-corrected chi connectivity index (χ2v) is 6.43. The number of benzene rings is 1. The van der Waals surface area contributed by atoms with Crippen LogP contribution in [-0.4, -0.2) is 58.5 Å². The van der Waals surface area contributed by atoms with Crippen molar-refractivity contribution < 1.29 is 19.4 Å². The van der Waals surface area contributed by atoms with Gasteiger partial charge in [-0.05, 0) is 24.6 Å². The molecule has 3 rings (SSSR count). The Labute approximate surface area is 161 Å². The molecule has 0 atom stereocenters. The van der Waals surface area contributed by atoms with Gasteiger partial charge in [0.1, 0.15) is 11.4 Å². The lowest BCUT2D eigenvalue weighted by Gasteiger charge is -2.16. The number of rotatable bonds is 6. The lowest BCUT2D eigenvalue weighted by atomic mass is 10.2. The Balaban J connectivity index is 2.04. The highest BCUT2D eigenvalue weighted by Crippen LogP contribution is 2.31. The van der Waals surface area contributed by atoms with Gasteiger partial charge >= 0.3 is 5.97 Å². The number of aliphatic hydroxyl groups excluding tert-OH is 1. The van der Waals surface area contributed by atoms with Crippen LogP contribution in [0.5, 0.6) is 0 Å². The molecule has 8 nitrogen and oxygen atoms in total. The van der Waals surface area contributed by atoms with Crippen molar-refractivity contribution in [1.29, 1.82) is 0 Å². The Morgan fingerprint density at radius 1 is 1.44 bits per heavy atom. The number of aliphatic hydroxyl groups is 1. The maximum absolute atomic E-state index is 12.7. The van der Waals surface area contributed by atoms with E-state index in [1.54, 1.807) is 35.3 Å². The van der Waals surface area contributed by atoms with E-state index in [1.807, 2.05) is 6.92 Å². The van der Waals surface area contributed by atoms with Crippen molar-refractivity contribution in [1.82, 2.24) is 14.7 Å². The number of carbonyl (C=O) groups excluding carboxylic acids is 2. The van der Waals surface area contributed by atoms with Gasteiger partial charge in [-0.25, -0.2) is 9.48 Å². The maximum Gasteiger partial charge on any atom is 0.337 e. The summed E-state index contributed by atoms with van der Waals surface area (Å²) in [6, 6.07) is 5.18. The van der Waals surface area contributed by atoms with Gasteiger partial charge in [-0.2, -0.15) is 5.10 Å². The minimum Gasteiger partial charge on any atom is -0.466 e. The van der Waals surface area contributed by atoms with Crippen molar-refractivity contribution in [3.63, 3.8) is 0 Å². The number of nitrogens with zero attached hydrogens (tertiary/aromatic N) is 3. The van der Waals surface area contributed by atoms with Crippen molar-refractivity contribution in [2.75, 3.05) is 32.1 Å². The molecule has 0 saturated heterocycles. The first-order valence-electron chi connectivity index (χ1n) is 8.25. The van der Waals surface area contributed by atoms with E-state index in [0.717, 1.165) is 5.56 Å². The molecule has 2 aromatic rings. The predicted octanol–water partition coefficient (Wildman–Crippen LogP) is 1.51. The molecule has 1 amide bonds. The molecule has 27 heavy (non-hydrogen) atoms. The summed E-state index contributed by atoms with van der Waals surface area (Å²) in [6.07, 6.45) is 3.49. The number of hydrogen-bond donors (Lipinski definition) is 2. The third-order valence-electron chi connectivity index (χ3n) is 4.14. The van der Waals surface area contributed by atoms with E-state index in [-0.39, 0.29) is 31.0 Å². The number of para-hydroxylation sites is 1. The first kappa shape index (κ1) is 18.9. The van der Waals surface area contributed by atoms with Gasteiger partial charge in [-0.3, -0.25) is 4.79 Å². The van der Waals surface area contributed by atoms with Crippen molar-refractivity contribution in [2.45, 2.75) is 6.92 Å². The van der Waals surface area contributed by atoms with Crippen LogP contribution in [0.4, 0.5) is 5.69 Å². The van der Waals surface area contributed by atoms with Crippen LogP contribution in [0.1, 0.15) is 5.56 Å². The number of β-amino-alcohol motifs (C(OH)–C–C–N with tert-alkyl or cyclic N) is 1. The van der Waals surface area contributed by atoms with E-state index in [4.69, 9.17) is 21.4 Å². The molecule has 142 valence electrons. The molecule has 0 unspecified atom stereocenters. The second-order valence-electron chi connectivity index (χ2n) is 6.02. The standard InChI is InChI=1S/C18H19ClN4O4/c1-11-8-20-23(9-11)16-13(19)4-3-5-14(16)21-15-12(18(26)27-2)10-22(6-7-24)17(15)25/h3-5,8-9,21,24H,6-7,10H2,1-2H3. The third-order valence-corrected chi connectivity index (χ3v) is 4.45. The highest BCUT2D eigenvalue weighted by atomic mass is 35.5. The van der Waals surface area contributed by atoms with Crippen molar-refractivity contribution in [3.05, 3.63) is 52.4 Å². The summed E-state index contributed by atoms with van der Waals surface area (Å²) < 4.78 is 6.40. The molecule has 1 aliphatic heterocycles. The van der Waals surface area contributed by atoms with Crippen LogP contribution in [0, 0.1) is 6.92 Å². The number of carbonyl (C=O) groups is 2. The predicted molar refractivity (Wildman–Crippen MR) is 99.6 cm³/mol. The summed E-state index contributed by atoms with van der Waals surface area (Å²) in [4.78, 5) is 26.2. The number of halogens is 1. The molecular formula is C18H19ClN4O4. The van der Waals surface area contributed by atoms with Crippen LogP contribution in [0.2, 0.25) is 5.02 Å². The molecule has 0 aliphatic carbocycles. The van der Waals surface area contributed by atoms with Gasteiger partial charge in [0, 0.05) is 12.7 Å². The van der Waals surface area contributed by atoms with Gasteiger partial charge in [-0.15, -0.1) is 0 Å². The SMILES string of the molecule is COC(=O)C1=C(Nc2cccc(Cl)c2-n2cc(C)cn2)C(=O)N(CCO)C1. The fourth-order valence-corrected chi connectivity index (χ4v) is 3.13. The summed E-state index contributed by atoms with van der Waals surface area (Å²) in [5.41, 5.74) is 2.31. The molecule has 1 aromatic carbocycles. The number of aromatic nitrogens is 2. The van der Waals surface area contributed by atoms with Crippen LogP contribution in [0.15, 0.2) is 41.9 Å². The lowest BCUT2D eigenvalue weighted by Crippen LogP contribution is -2.31. The van der Waals surface area contributed by atoms with Gasteiger partial charge in [0.25, 0.3) is 5.91 Å². The van der Waals surface area contributed by atoms with Crippen molar-refractivity contribution >= 4 is 29.2 Å². The van der Waals surface area contributed by atoms with E-state index >= 15 is 0 Å². The Morgan fingerprint density at radius 2 is 2.22 bits per heavy atom. The fourth-order valence-electron chi connectivity index (χ4n) is 2.87. The monoisotopic (exact) mass is 390 g/mol. The first-order valence-corrected chi connectivity index (χ1v) is 8.62. The van der Waals surface area contributed by atoms with Gasteiger partial charge in [-0.1, -0.05) is 17.7 Å². The van der Waals surface area contributed by atoms with E-state index in [2.05, 4.69) is 10.4 Å². The molecular weight excluding hydrogens is 372 g/mol. The molecule has 1 aromatic heterocycles. The molecule has 0 fully saturated rings. The van der Waals surface area contributed by atoms with Crippen LogP contribution in [0.3, 0.4) is 0 Å². The summed E-state index contributed by atoms with van der Waals surface area (Å²) in [7, 11) is 1.25. The largest absolute Gasteiger partial charge is 0.466 e. The first-order chi connectivity index (χ1) is 13.0. The summed E-state index contributed by atoms with van der Waals surface area (Å²) >= 11 is 6.36. The summed E-state index contributed by atoms with van der Waals surface area (Å²) in [5, 5.41) is 16.9. The molecule has 2 heterocycles. The van der Waals surface area contributed by atoms with Crippen LogP contribution in [-0.2, 0) is 14.3 Å². The number of esters is 1. The Morgan fingerprint density at radius 3 is 2.85 bits per heavy atom. The maximum atomic E-state index is 12.7. The van der Waals surface area contributed by atoms with Gasteiger partial charge in [0.05, 0.1) is 42.7 Å². The number of methoxy groups -OCH3 is 1. The number of nitrogens with one attached hydrogen (secondary N) is 1. The molecule has 0 spiro atoms. The lowest BCUT2D eigenvalue weighted by molar-refractivity contribution is -0.136. The van der Waals surface area contributed by atoms with Crippen molar-refractivity contribution in [2.24, 2.45) is 0 Å². The highest BCUT2D eigenvalue weighted by Gasteiger charge is 2.34. The zero-order chi connectivity index (χ0) is 19.6. The molecule has 1 aliphatic rings. The smallest absolute Gasteiger partial charge is 0.337 e. The zero-order valence-electron chi connectivity index (χ0n) is 14.9. The minimum atomic E-state index is -0.607. The number of anilines is 1. The van der Waals surface area contributed by atoms with E-state index in [0.29, 0.717) is 16.4 Å². The van der Waals surface area contributed by atoms with Gasteiger partial charge in [0.2, 0.25) is 0 Å². The van der Waals surface area contributed by atoms with E-state index < -0.39 is 11.9 Å². The van der Waals surface area contributed by atoms with E-state index in [1.165, 1.54) is 12.0 Å². The van der Waals surface area contributed by atoms with Crippen LogP contribution in [0.25, 0.3) is 5.69 Å². The molecule has 0 saturated carbocycles. The molecule has 9 heteroatoms. The fraction of sp³-hybridized carbons (Fsp3) is 0.278. The van der Waals surface area contributed by atoms with Crippen molar-refractivity contribution in [3.8, 4) is 5.69 Å². The number of ether oxygens (including phenoxy) is 1. The Hall–Kier alpha value is -2.84. The van der Waals surface area contributed by atoms with Gasteiger partial charge in [0.15, 0.2) is 0 Å². The van der Waals surface area contributed by atoms with Gasteiger partial charge < -0.3 is 20.1 Å². The Kier molecular flexibility index (Phi) is 5.48. The summed E-state index contributed by atoms with van der Waals surface area (Å²) in [5.74, 6) is -1.00. The number of hydrogen-bond acceptors (Lipinski definition) is 6. The highest BCUT2D eigenvalue weighted by molar-refractivity contribution is 6.33. The summed E-state index contributed by atoms with van der Waals surface area (Å²) in [6.45, 7) is 1.87. The quantitative estimate of drug-likeness (QED) is 0.726. The molecule has 0 radical (unpaired) electrons. The molecule has 0 bridgehead atoms. The topological polar surface area (TPSA) is 96.7 Å². The molecule has 2 N–H and O–H groups in total. The minimum absolute atomic E-state index is 0.0607. The number of amides is 1. The van der Waals surface area contributed by atoms with Crippen LogP contribution < -0.4 is 5.32 Å². The number of aryl methyl sites for hydroxylation is 1. The second kappa shape index (κ2) is 7.81. The van der Waals surface area contributed by atoms with E-state index in [9.17, 15) is 9.59 Å². The average Bonchev–Trinajstić information content (AvgIpc) is 3.20. The zero-order valence-corrected chi connectivity index (χ0v) is 15.7. The normalized spacial score (nSPS) is 14.1. The third kappa shape index (κ3) is 3.67. The Bertz CT molecular complexity index is 922. The average molecular weight is 391 g/mol.